The van der Waals surface area contributed by atoms with Gasteiger partial charge in [0, 0.05) is 18.2 Å². The minimum Gasteiger partial charge on any atom is -0.508 e. The van der Waals surface area contributed by atoms with Crippen LogP contribution in [0.5, 0.6) is 5.75 Å². The number of sulfonamides is 2. The summed E-state index contributed by atoms with van der Waals surface area (Å²) in [6.45, 7) is 1.69. The van der Waals surface area contributed by atoms with Gasteiger partial charge in [-0.2, -0.15) is 0 Å². The van der Waals surface area contributed by atoms with E-state index in [-0.39, 0.29) is 27.0 Å². The van der Waals surface area contributed by atoms with E-state index in [9.17, 15) is 21.9 Å². The van der Waals surface area contributed by atoms with E-state index in [0.29, 0.717) is 10.6 Å². The number of aryl methyl sites for hydroxylation is 1. The Morgan fingerprint density at radius 1 is 1.03 bits per heavy atom. The van der Waals surface area contributed by atoms with Gasteiger partial charge in [0.15, 0.2) is 0 Å². The van der Waals surface area contributed by atoms with Gasteiger partial charge in [-0.05, 0) is 31.2 Å². The lowest BCUT2D eigenvalue weighted by Gasteiger charge is -2.21. The van der Waals surface area contributed by atoms with E-state index in [1.54, 1.807) is 31.2 Å². The van der Waals surface area contributed by atoms with Crippen LogP contribution >= 0.6 is 11.3 Å². The maximum atomic E-state index is 13.0. The molecule has 1 heterocycles. The molecule has 3 rings (SSSR count). The Morgan fingerprint density at radius 2 is 1.72 bits per heavy atom. The smallest absolute Gasteiger partial charge is 0.264 e. The fourth-order valence-corrected chi connectivity index (χ4v) is 5.17. The Kier molecular flexibility index (Phi) is 5.52. The van der Waals surface area contributed by atoms with Gasteiger partial charge in [0.05, 0.1) is 16.8 Å². The third kappa shape index (κ3) is 4.49. The van der Waals surface area contributed by atoms with E-state index < -0.39 is 20.0 Å². The van der Waals surface area contributed by atoms with Gasteiger partial charge in [-0.15, -0.1) is 10.2 Å². The zero-order chi connectivity index (χ0) is 21.4. The monoisotopic (exact) mass is 454 g/mol. The summed E-state index contributed by atoms with van der Waals surface area (Å²) < 4.78 is 53.5. The summed E-state index contributed by atoms with van der Waals surface area (Å²) in [5.41, 5.74) is 0.735. The van der Waals surface area contributed by atoms with Crippen molar-refractivity contribution in [3.05, 3.63) is 47.5 Å². The lowest BCUT2D eigenvalue weighted by atomic mass is 10.0. The van der Waals surface area contributed by atoms with Crippen LogP contribution in [-0.2, 0) is 20.0 Å². The third-order valence-corrected chi connectivity index (χ3v) is 7.50. The molecule has 0 aliphatic carbocycles. The van der Waals surface area contributed by atoms with Crippen molar-refractivity contribution in [2.45, 2.75) is 11.8 Å². The van der Waals surface area contributed by atoms with E-state index in [2.05, 4.69) is 14.9 Å². The molecule has 154 valence electrons. The maximum absolute atomic E-state index is 13.0. The number of phenolic OH excluding ortho intramolecular Hbond substituents is 1. The van der Waals surface area contributed by atoms with Gasteiger partial charge in [0.25, 0.3) is 10.0 Å². The first-order valence-electron chi connectivity index (χ1n) is 8.18. The zero-order valence-electron chi connectivity index (χ0n) is 15.7. The average molecular weight is 455 g/mol. The molecule has 0 bridgehead atoms. The molecule has 1 aromatic heterocycles. The molecule has 0 amide bonds. The molecule has 0 aliphatic rings. The normalized spacial score (nSPS) is 12.0. The number of nitrogens with one attached hydrogen (secondary N) is 1. The zero-order valence-corrected chi connectivity index (χ0v) is 18.1. The number of rotatable bonds is 6. The summed E-state index contributed by atoms with van der Waals surface area (Å²) in [5, 5.41) is 18.2. The number of hydrogen-bond donors (Lipinski definition) is 2. The molecule has 0 saturated heterocycles. The highest BCUT2D eigenvalue weighted by Gasteiger charge is 2.25. The Labute approximate surface area is 172 Å². The number of anilines is 2. The van der Waals surface area contributed by atoms with Gasteiger partial charge in [-0.3, -0.25) is 9.03 Å². The number of benzene rings is 2. The van der Waals surface area contributed by atoms with Gasteiger partial charge in [-0.1, -0.05) is 29.5 Å². The van der Waals surface area contributed by atoms with E-state index in [4.69, 9.17) is 0 Å². The predicted octanol–water partition coefficient (Wildman–Crippen LogP) is 2.42. The fourth-order valence-electron chi connectivity index (χ4n) is 2.63. The molecular weight excluding hydrogens is 436 g/mol. The number of aromatic hydroxyl groups is 1. The highest BCUT2D eigenvalue weighted by molar-refractivity contribution is 7.93. The molecule has 12 heteroatoms. The standard InChI is InChI=1S/C17H18N4O5S3/c1-11-18-19-17(27-11)20-29(25,26)16-9-8-12(22)10-14(16)13-6-4-5-7-15(13)21(2)28(3,23)24/h4-10,22H,1-3H3,(H,19,20). The quantitative estimate of drug-likeness (QED) is 0.585. The van der Waals surface area contributed by atoms with Crippen molar-refractivity contribution in [2.75, 3.05) is 22.3 Å². The summed E-state index contributed by atoms with van der Waals surface area (Å²) in [5.74, 6) is -0.164. The molecule has 0 atom stereocenters. The Hall–Kier alpha value is -2.70. The predicted molar refractivity (Wildman–Crippen MR) is 112 cm³/mol. The van der Waals surface area contributed by atoms with Crippen LogP contribution in [0.15, 0.2) is 47.4 Å². The minimum atomic E-state index is -4.09. The van der Waals surface area contributed by atoms with Crippen LogP contribution in [0.2, 0.25) is 0 Å². The van der Waals surface area contributed by atoms with Crippen LogP contribution in [0.4, 0.5) is 10.8 Å². The number of phenols is 1. The Bertz CT molecular complexity index is 1270. The van der Waals surface area contributed by atoms with Gasteiger partial charge < -0.3 is 5.11 Å². The average Bonchev–Trinajstić information content (AvgIpc) is 3.04. The van der Waals surface area contributed by atoms with Gasteiger partial charge in [0.2, 0.25) is 15.2 Å². The molecule has 0 fully saturated rings. The number of hydrogen-bond acceptors (Lipinski definition) is 8. The summed E-state index contributed by atoms with van der Waals surface area (Å²) in [6, 6.07) is 10.2. The van der Waals surface area contributed by atoms with Crippen LogP contribution in [0.25, 0.3) is 11.1 Å². The summed E-state index contributed by atoms with van der Waals surface area (Å²) >= 11 is 1.08. The van der Waals surface area contributed by atoms with Crippen molar-refractivity contribution in [3.8, 4) is 16.9 Å². The molecule has 0 saturated carbocycles. The first-order valence-corrected chi connectivity index (χ1v) is 12.3. The molecule has 3 aromatic rings. The van der Waals surface area contributed by atoms with E-state index in [1.165, 1.54) is 25.2 Å². The Morgan fingerprint density at radius 3 is 2.34 bits per heavy atom. The number of para-hydroxylation sites is 1. The van der Waals surface area contributed by atoms with Crippen molar-refractivity contribution in [1.82, 2.24) is 10.2 Å². The lowest BCUT2D eigenvalue weighted by molar-refractivity contribution is 0.475. The number of nitrogens with zero attached hydrogens (tertiary/aromatic N) is 3. The van der Waals surface area contributed by atoms with Crippen molar-refractivity contribution >= 4 is 42.2 Å². The molecule has 9 nitrogen and oxygen atoms in total. The van der Waals surface area contributed by atoms with Crippen molar-refractivity contribution in [3.63, 3.8) is 0 Å². The van der Waals surface area contributed by atoms with Crippen LogP contribution in [-0.4, -0.2) is 45.4 Å². The van der Waals surface area contributed by atoms with Crippen molar-refractivity contribution in [1.29, 1.82) is 0 Å². The molecule has 0 unspecified atom stereocenters. The molecule has 2 aromatic carbocycles. The maximum Gasteiger partial charge on any atom is 0.264 e. The van der Waals surface area contributed by atoms with Crippen LogP contribution in [0.1, 0.15) is 5.01 Å². The van der Waals surface area contributed by atoms with Crippen molar-refractivity contribution < 1.29 is 21.9 Å². The summed E-state index contributed by atoms with van der Waals surface area (Å²) in [4.78, 5) is -0.141. The molecule has 0 radical (unpaired) electrons. The lowest BCUT2D eigenvalue weighted by Crippen LogP contribution is -2.25. The second kappa shape index (κ2) is 7.61. The van der Waals surface area contributed by atoms with Gasteiger partial charge in [0.1, 0.15) is 10.8 Å². The van der Waals surface area contributed by atoms with E-state index in [0.717, 1.165) is 21.9 Å². The summed E-state index contributed by atoms with van der Waals surface area (Å²) in [6.07, 6.45) is 1.04. The van der Waals surface area contributed by atoms with Crippen LogP contribution in [0.3, 0.4) is 0 Å². The number of aromatic nitrogens is 2. The minimum absolute atomic E-state index is 0.100. The van der Waals surface area contributed by atoms with Gasteiger partial charge in [-0.25, -0.2) is 16.8 Å². The molecule has 0 aliphatic heterocycles. The van der Waals surface area contributed by atoms with Crippen molar-refractivity contribution in [2.24, 2.45) is 0 Å². The highest BCUT2D eigenvalue weighted by Crippen LogP contribution is 2.38. The van der Waals surface area contributed by atoms with Gasteiger partial charge >= 0.3 is 0 Å². The molecular formula is C17H18N4O5S3. The SMILES string of the molecule is Cc1nnc(NS(=O)(=O)c2ccc(O)cc2-c2ccccc2N(C)S(C)(=O)=O)s1. The van der Waals surface area contributed by atoms with E-state index >= 15 is 0 Å². The first-order chi connectivity index (χ1) is 13.5. The molecule has 2 N–H and O–H groups in total. The second-order valence-corrected chi connectivity index (χ2v) is 11.0. The third-order valence-electron chi connectivity index (χ3n) is 4.03. The molecule has 29 heavy (non-hydrogen) atoms. The van der Waals surface area contributed by atoms with E-state index in [1.807, 2.05) is 0 Å². The van der Waals surface area contributed by atoms with Crippen LogP contribution < -0.4 is 9.03 Å². The van der Waals surface area contributed by atoms with Crippen LogP contribution in [0, 0.1) is 6.92 Å². The molecule has 0 spiro atoms. The summed E-state index contributed by atoms with van der Waals surface area (Å²) in [7, 11) is -6.33. The largest absolute Gasteiger partial charge is 0.508 e. The Balaban J connectivity index is 2.19. The fraction of sp³-hybridized carbons (Fsp3) is 0.176. The highest BCUT2D eigenvalue weighted by atomic mass is 32.2. The second-order valence-electron chi connectivity index (χ2n) is 6.16. The first kappa shape index (κ1) is 21.0. The topological polar surface area (TPSA) is 130 Å².